The second kappa shape index (κ2) is 41.6. The highest BCUT2D eigenvalue weighted by Crippen LogP contribution is 2.28. The van der Waals surface area contributed by atoms with Crippen molar-refractivity contribution in [2.75, 3.05) is 46.9 Å². The SMILES string of the molecule is C/C=C1/NC(=O)[C@@H](CO)NC(=O)[C@@H]([C@@H](C)CC)NC(=O)[C@@H]2CCCN2C(=O)[C@H]2CCCN2C(=O)CNC(=O)[C@H](CCC(N)=O)NC(=O)C(O)C(CC(CC(O)C(O)CC(C)C)OC(=O)[C@H](Cc2ccc(O)cc2)N(C)C(C)=O)NC(=O)[C@@H]2CCCN2C(=O)C(CCc2ccc(OC)cc2)NC(=O)[C@H]([C@@H](C)O)NC1=O. The van der Waals surface area contributed by atoms with Gasteiger partial charge in [-0.15, -0.1) is 0 Å². The van der Waals surface area contributed by atoms with Crippen LogP contribution in [-0.2, 0) is 84.7 Å². The van der Waals surface area contributed by atoms with Crippen LogP contribution >= 0.6 is 0 Å². The number of aromatic hydroxyl groups is 1. The average molecular weight is 1530 g/mol. The van der Waals surface area contributed by atoms with Crippen LogP contribution in [0.3, 0.4) is 0 Å². The maximum atomic E-state index is 15.3. The van der Waals surface area contributed by atoms with Gasteiger partial charge in [-0.05, 0) is 125 Å². The van der Waals surface area contributed by atoms with Gasteiger partial charge in [-0.1, -0.05) is 64.5 Å². The molecule has 0 saturated carbocycles. The highest BCUT2D eigenvalue weighted by atomic mass is 16.5. The standard InChI is InChI=1S/C74H109N13O22/c1-10-40(5)61-69(102)81-52(38-88)66(99)77-48(11-2)65(98)83-62(41(6)89)70(103)79-50(27-22-43-20-25-46(108-9)26-21-43)72(105)86-31-12-15-53(86)67(100)80-51(35-47(36-58(93)57(92)33-39(3)4)109-74(107)56(84(8)42(7)90)34-44-18-23-45(91)24-19-44)63(96)71(104)78-49(28-29-59(75)94)64(97)76-37-60(95)85-30-14-17-55(85)73(106)87-32-13-16-54(87)68(101)82-61/h11,18-21,23-26,39-41,47,49-58,61-63,88-89,91-93,96H,10,12-17,22,27-38H2,1-9H3,(H2,75,94)(H,76,97)(H,77,99)(H,78,104)(H,79,103)(H,80,100)(H,81,102)(H,82,101)(H,83,98)/b48-11+/t40-,41+,47?,49-,50?,51?,52+,53-,54-,55+,56-,57?,58?,61+,62-,63?/m0/s1. The van der Waals surface area contributed by atoms with E-state index < -0.39 is 224 Å². The van der Waals surface area contributed by atoms with Gasteiger partial charge in [0.2, 0.25) is 65.0 Å². The zero-order valence-corrected chi connectivity index (χ0v) is 63.2. The molecule has 0 aliphatic carbocycles. The molecule has 4 aliphatic rings. The van der Waals surface area contributed by atoms with Crippen LogP contribution in [0.5, 0.6) is 11.5 Å². The summed E-state index contributed by atoms with van der Waals surface area (Å²) in [6.07, 6.45) is -9.84. The highest BCUT2D eigenvalue weighted by Gasteiger charge is 2.46. The summed E-state index contributed by atoms with van der Waals surface area (Å²) < 4.78 is 11.4. The number of carbonyl (C=O) groups is 14. The number of carbonyl (C=O) groups excluding carboxylic acids is 14. The smallest absolute Gasteiger partial charge is 0.329 e. The fourth-order valence-corrected chi connectivity index (χ4v) is 13.6. The number of allylic oxidation sites excluding steroid dienone is 1. The van der Waals surface area contributed by atoms with Crippen molar-refractivity contribution in [3.05, 3.63) is 71.4 Å². The third-order valence-electron chi connectivity index (χ3n) is 20.2. The molecule has 602 valence electrons. The Labute approximate surface area is 632 Å². The molecule has 0 aromatic heterocycles. The number of likely N-dealkylation sites (N-methyl/N-ethyl adjacent to an activating group) is 1. The summed E-state index contributed by atoms with van der Waals surface area (Å²) in [4.78, 5) is 205. The molecule has 16 atom stereocenters. The summed E-state index contributed by atoms with van der Waals surface area (Å²) in [5.41, 5.74) is 6.07. The van der Waals surface area contributed by atoms with Crippen molar-refractivity contribution < 1.29 is 107 Å². The van der Waals surface area contributed by atoms with Gasteiger partial charge < -0.3 is 108 Å². The maximum absolute atomic E-state index is 15.3. The van der Waals surface area contributed by atoms with E-state index in [0.717, 1.165) is 22.8 Å². The summed E-state index contributed by atoms with van der Waals surface area (Å²) in [5.74, 6) is -14.2. The van der Waals surface area contributed by atoms with Crippen molar-refractivity contribution in [2.45, 2.75) is 236 Å². The fourth-order valence-electron chi connectivity index (χ4n) is 13.6. The van der Waals surface area contributed by atoms with Gasteiger partial charge >= 0.3 is 5.97 Å². The quantitative estimate of drug-likeness (QED) is 0.0388. The number of methoxy groups -OCH3 is 1. The predicted molar refractivity (Wildman–Crippen MR) is 389 cm³/mol. The summed E-state index contributed by atoms with van der Waals surface area (Å²) >= 11 is 0. The Morgan fingerprint density at radius 1 is 0.661 bits per heavy atom. The van der Waals surface area contributed by atoms with Gasteiger partial charge in [0.15, 0.2) is 6.10 Å². The fraction of sp³-hybridized carbons (Fsp3) is 0.622. The van der Waals surface area contributed by atoms with E-state index in [0.29, 0.717) is 36.1 Å². The summed E-state index contributed by atoms with van der Waals surface area (Å²) in [6, 6.07) is -3.38. The van der Waals surface area contributed by atoms with Crippen LogP contribution in [0, 0.1) is 11.8 Å². The van der Waals surface area contributed by atoms with Crippen LogP contribution in [0.25, 0.3) is 0 Å². The largest absolute Gasteiger partial charge is 0.508 e. The van der Waals surface area contributed by atoms with Gasteiger partial charge in [-0.3, -0.25) is 62.3 Å². The van der Waals surface area contributed by atoms with Gasteiger partial charge in [0, 0.05) is 59.3 Å². The number of primary amides is 1. The van der Waals surface area contributed by atoms with Gasteiger partial charge in [0.05, 0.1) is 44.6 Å². The van der Waals surface area contributed by atoms with E-state index in [4.69, 9.17) is 15.2 Å². The molecule has 6 rings (SSSR count). The number of fused-ring (bicyclic) bond motifs is 3. The Hall–Kier alpha value is -9.84. The van der Waals surface area contributed by atoms with Gasteiger partial charge in [0.1, 0.15) is 77.7 Å². The highest BCUT2D eigenvalue weighted by molar-refractivity contribution is 6.03. The van der Waals surface area contributed by atoms with Crippen LogP contribution in [0.15, 0.2) is 60.3 Å². The molecule has 35 nitrogen and oxygen atoms in total. The number of nitrogens with zero attached hydrogens (tertiary/aromatic N) is 4. The van der Waals surface area contributed by atoms with Crippen molar-refractivity contribution in [1.29, 1.82) is 0 Å². The van der Waals surface area contributed by atoms with Crippen LogP contribution in [0.2, 0.25) is 0 Å². The van der Waals surface area contributed by atoms with E-state index in [9.17, 15) is 88.2 Å². The van der Waals surface area contributed by atoms with E-state index in [1.807, 2.05) is 0 Å². The minimum Gasteiger partial charge on any atom is -0.508 e. The van der Waals surface area contributed by atoms with Crippen LogP contribution in [-0.4, -0.2) is 271 Å². The molecule has 4 heterocycles. The monoisotopic (exact) mass is 1530 g/mol. The van der Waals surface area contributed by atoms with Gasteiger partial charge in [-0.2, -0.15) is 0 Å². The molecular weight excluding hydrogens is 1420 g/mol. The molecule has 109 heavy (non-hydrogen) atoms. The van der Waals surface area contributed by atoms with Crippen molar-refractivity contribution >= 4 is 82.8 Å². The van der Waals surface area contributed by atoms with Crippen LogP contribution in [0.4, 0.5) is 0 Å². The molecule has 13 amide bonds. The van der Waals surface area contributed by atoms with Crippen LogP contribution < -0.4 is 53.0 Å². The van der Waals surface area contributed by atoms with E-state index in [-0.39, 0.29) is 82.7 Å². The van der Waals surface area contributed by atoms with Crippen molar-refractivity contribution in [3.8, 4) is 11.5 Å². The number of phenols is 1. The number of nitrogens with one attached hydrogen (secondary N) is 8. The Morgan fingerprint density at radius 3 is 1.79 bits per heavy atom. The van der Waals surface area contributed by atoms with E-state index in [2.05, 4.69) is 42.5 Å². The van der Waals surface area contributed by atoms with Gasteiger partial charge in [-0.25, -0.2) is 4.79 Å². The first-order valence-corrected chi connectivity index (χ1v) is 37.1. The number of benzene rings is 2. The topological polar surface area (TPSA) is 514 Å². The lowest BCUT2D eigenvalue weighted by Crippen LogP contribution is -2.61. The molecular formula is C74H109N13O22. The summed E-state index contributed by atoms with van der Waals surface area (Å²) in [6.45, 7) is 8.56. The molecule has 0 radical (unpaired) electrons. The number of phenolic OH excluding ortho intramolecular Hbond substituents is 1. The van der Waals surface area contributed by atoms with E-state index in [1.165, 1.54) is 62.1 Å². The second-order valence-corrected chi connectivity index (χ2v) is 28.7. The molecule has 0 spiro atoms. The van der Waals surface area contributed by atoms with Crippen molar-refractivity contribution in [3.63, 3.8) is 0 Å². The van der Waals surface area contributed by atoms with Crippen molar-refractivity contribution in [1.82, 2.24) is 62.1 Å². The summed E-state index contributed by atoms with van der Waals surface area (Å²) in [5, 5.41) is 87.1. The number of amides is 13. The van der Waals surface area contributed by atoms with Gasteiger partial charge in [0.25, 0.3) is 11.8 Å². The number of aliphatic hydroxyl groups excluding tert-OH is 5. The zero-order chi connectivity index (χ0) is 80.7. The lowest BCUT2D eigenvalue weighted by molar-refractivity contribution is -0.162. The number of hydrogen-bond donors (Lipinski definition) is 15. The zero-order valence-electron chi connectivity index (χ0n) is 63.2. The first kappa shape index (κ1) is 88.1. The molecule has 4 aliphatic heterocycles. The Balaban J connectivity index is 1.46. The number of nitrogens with two attached hydrogens (primary N) is 1. The number of aryl methyl sites for hydroxylation is 1. The minimum atomic E-state index is -2.52. The third kappa shape index (κ3) is 24.8. The van der Waals surface area contributed by atoms with Crippen LogP contribution in [0.1, 0.15) is 143 Å². The second-order valence-electron chi connectivity index (χ2n) is 28.7. The average Bonchev–Trinajstić information content (AvgIpc) is 1.71. The minimum absolute atomic E-state index is 0.00637. The maximum Gasteiger partial charge on any atom is 0.329 e. The molecule has 4 fully saturated rings. The lowest BCUT2D eigenvalue weighted by atomic mass is 9.93. The Bertz CT molecular complexity index is 3580. The number of ether oxygens (including phenoxy) is 2. The molecule has 2 aromatic carbocycles. The Kier molecular flexibility index (Phi) is 33.6. The Morgan fingerprint density at radius 2 is 1.22 bits per heavy atom. The van der Waals surface area contributed by atoms with Crippen molar-refractivity contribution in [2.24, 2.45) is 17.6 Å². The molecule has 4 saturated heterocycles. The predicted octanol–water partition coefficient (Wildman–Crippen LogP) is -3.04. The molecule has 6 unspecified atom stereocenters. The summed E-state index contributed by atoms with van der Waals surface area (Å²) in [7, 11) is 2.76. The molecule has 2 aromatic rings. The number of aliphatic hydroxyl groups is 5. The molecule has 16 N–H and O–H groups in total. The van der Waals surface area contributed by atoms with E-state index in [1.54, 1.807) is 52.0 Å². The number of hydrogen-bond acceptors (Lipinski definition) is 22. The number of rotatable bonds is 23. The normalized spacial score (nSPS) is 25.8. The molecule has 35 heteroatoms. The third-order valence-corrected chi connectivity index (χ3v) is 20.2. The first-order valence-electron chi connectivity index (χ1n) is 37.1. The lowest BCUT2D eigenvalue weighted by Gasteiger charge is -2.34. The number of esters is 1. The van der Waals surface area contributed by atoms with E-state index >= 15 is 9.59 Å². The molecule has 0 bridgehead atoms. The first-order chi connectivity index (χ1) is 51.6.